The van der Waals surface area contributed by atoms with E-state index in [4.69, 9.17) is 4.74 Å². The first kappa shape index (κ1) is 13.3. The van der Waals surface area contributed by atoms with Crippen LogP contribution in [0.1, 0.15) is 19.3 Å². The summed E-state index contributed by atoms with van der Waals surface area (Å²) in [5, 5.41) is 2.09. The maximum absolute atomic E-state index is 11.8. The fourth-order valence-corrected chi connectivity index (χ4v) is 2.61. The summed E-state index contributed by atoms with van der Waals surface area (Å²) >= 11 is 0. The summed E-state index contributed by atoms with van der Waals surface area (Å²) in [5.74, 6) is 3.09. The molecule has 0 aromatic rings. The van der Waals surface area contributed by atoms with Crippen LogP contribution in [0.3, 0.4) is 0 Å². The van der Waals surface area contributed by atoms with Crippen LogP contribution in [-0.2, 0) is 9.53 Å². The van der Waals surface area contributed by atoms with Gasteiger partial charge in [0.15, 0.2) is 0 Å². The number of rotatable bonds is 2. The Hall–Kier alpha value is -0.793. The molecule has 1 atom stereocenters. The molecule has 0 unspecified atom stereocenters. The number of hydrogen-bond donors (Lipinski definition) is 1. The molecule has 0 aromatic carbocycles. The molecule has 0 saturated carbocycles. The fraction of sp³-hybridized carbons (Fsp3) is 0.750. The molecule has 1 heterocycles. The lowest BCUT2D eigenvalue weighted by Crippen LogP contribution is -2.95. The molecule has 0 bridgehead atoms. The van der Waals surface area contributed by atoms with Gasteiger partial charge >= 0.3 is 5.97 Å². The van der Waals surface area contributed by atoms with E-state index in [0.717, 1.165) is 19.4 Å². The van der Waals surface area contributed by atoms with Gasteiger partial charge in [-0.25, -0.2) is 4.79 Å². The first-order valence-corrected chi connectivity index (χ1v) is 9.32. The topological polar surface area (TPSA) is 42.9 Å². The summed E-state index contributed by atoms with van der Waals surface area (Å²) in [5.41, 5.74) is 2.90. The minimum Gasteiger partial charge on any atom is -0.464 e. The molecule has 3 nitrogen and oxygen atoms in total. The van der Waals surface area contributed by atoms with Crippen LogP contribution in [-0.4, -0.2) is 33.2 Å². The first-order valence-electron chi connectivity index (χ1n) is 5.82. The lowest BCUT2D eigenvalue weighted by Gasteiger charge is -2.20. The zero-order chi connectivity index (χ0) is 12.2. The molecular formula is C12H22NO2Si+. The molecule has 1 fully saturated rings. The fourth-order valence-electron chi connectivity index (χ4n) is 1.99. The molecule has 0 aromatic heterocycles. The highest BCUT2D eigenvalue weighted by molar-refractivity contribution is 6.83. The summed E-state index contributed by atoms with van der Waals surface area (Å²) in [6, 6.07) is 0. The summed E-state index contributed by atoms with van der Waals surface area (Å²) in [4.78, 5) is 11.8. The van der Waals surface area contributed by atoms with Crippen LogP contribution in [0, 0.1) is 11.5 Å². The number of quaternary nitrogens is 1. The summed E-state index contributed by atoms with van der Waals surface area (Å²) in [7, 11) is 0.126. The van der Waals surface area contributed by atoms with Crippen LogP contribution in [0.5, 0.6) is 0 Å². The Morgan fingerprint density at radius 2 is 2.19 bits per heavy atom. The van der Waals surface area contributed by atoms with Gasteiger partial charge in [-0.3, -0.25) is 0 Å². The van der Waals surface area contributed by atoms with Crippen molar-refractivity contribution in [1.29, 1.82) is 0 Å². The normalized spacial score (nSPS) is 24.8. The van der Waals surface area contributed by atoms with Crippen LogP contribution in [0.15, 0.2) is 0 Å². The maximum atomic E-state index is 11.8. The van der Waals surface area contributed by atoms with E-state index in [1.54, 1.807) is 0 Å². The maximum Gasteiger partial charge on any atom is 0.368 e. The quantitative estimate of drug-likeness (QED) is 0.434. The third kappa shape index (κ3) is 3.36. The van der Waals surface area contributed by atoms with Gasteiger partial charge < -0.3 is 10.1 Å². The van der Waals surface area contributed by atoms with Crippen LogP contribution < -0.4 is 5.32 Å². The monoisotopic (exact) mass is 240 g/mol. The number of hydrogen-bond acceptors (Lipinski definition) is 2. The van der Waals surface area contributed by atoms with Crippen molar-refractivity contribution in [1.82, 2.24) is 0 Å². The van der Waals surface area contributed by atoms with Crippen molar-refractivity contribution < 1.29 is 14.8 Å². The van der Waals surface area contributed by atoms with Gasteiger partial charge in [0.25, 0.3) is 0 Å². The lowest BCUT2D eigenvalue weighted by atomic mass is 9.94. The van der Waals surface area contributed by atoms with E-state index in [2.05, 4.69) is 36.4 Å². The van der Waals surface area contributed by atoms with Crippen molar-refractivity contribution in [2.75, 3.05) is 13.7 Å². The van der Waals surface area contributed by atoms with Crippen molar-refractivity contribution in [3.05, 3.63) is 0 Å². The van der Waals surface area contributed by atoms with Crippen molar-refractivity contribution in [2.24, 2.45) is 0 Å². The Morgan fingerprint density at radius 1 is 1.50 bits per heavy atom. The molecule has 0 radical (unpaired) electrons. The van der Waals surface area contributed by atoms with Crippen molar-refractivity contribution in [3.63, 3.8) is 0 Å². The third-order valence-electron chi connectivity index (χ3n) is 2.82. The second-order valence-electron chi connectivity index (χ2n) is 5.47. The highest BCUT2D eigenvalue weighted by Gasteiger charge is 2.46. The smallest absolute Gasteiger partial charge is 0.368 e. The Kier molecular flexibility index (Phi) is 4.17. The largest absolute Gasteiger partial charge is 0.464 e. The number of ether oxygens (including phenoxy) is 1. The average Bonchev–Trinajstić information content (AvgIpc) is 2.64. The predicted octanol–water partition coefficient (Wildman–Crippen LogP) is 0.526. The van der Waals surface area contributed by atoms with Gasteiger partial charge in [-0.05, 0) is 0 Å². The van der Waals surface area contributed by atoms with E-state index >= 15 is 0 Å². The van der Waals surface area contributed by atoms with Crippen molar-refractivity contribution in [3.8, 4) is 11.5 Å². The molecule has 0 amide bonds. The zero-order valence-corrected chi connectivity index (χ0v) is 11.7. The Labute approximate surface area is 99.0 Å². The molecule has 0 spiro atoms. The van der Waals surface area contributed by atoms with Gasteiger partial charge in [-0.1, -0.05) is 19.6 Å². The van der Waals surface area contributed by atoms with E-state index in [1.807, 2.05) is 0 Å². The Morgan fingerprint density at radius 3 is 2.62 bits per heavy atom. The average molecular weight is 240 g/mol. The first-order chi connectivity index (χ1) is 7.40. The van der Waals surface area contributed by atoms with Gasteiger partial charge in [0.05, 0.1) is 20.1 Å². The third-order valence-corrected chi connectivity index (χ3v) is 3.75. The molecule has 1 aliphatic heterocycles. The van der Waals surface area contributed by atoms with E-state index < -0.39 is 13.6 Å². The number of nitrogens with two attached hydrogens (primary N) is 1. The van der Waals surface area contributed by atoms with E-state index in [-0.39, 0.29) is 5.97 Å². The van der Waals surface area contributed by atoms with E-state index in [9.17, 15) is 4.79 Å². The molecule has 1 rings (SSSR count). The van der Waals surface area contributed by atoms with Gasteiger partial charge in [-0.2, -0.15) is 0 Å². The SMILES string of the molecule is COC(=O)[C@]1(CC#C[Si](C)(C)C)CCC[NH2+]1. The minimum absolute atomic E-state index is 0.116. The van der Waals surface area contributed by atoms with Crippen molar-refractivity contribution in [2.45, 2.75) is 44.4 Å². The van der Waals surface area contributed by atoms with Crippen LogP contribution in [0.4, 0.5) is 0 Å². The predicted molar refractivity (Wildman–Crippen MR) is 66.5 cm³/mol. The zero-order valence-electron chi connectivity index (χ0n) is 10.7. The van der Waals surface area contributed by atoms with Crippen LogP contribution in [0.25, 0.3) is 0 Å². The highest BCUT2D eigenvalue weighted by atomic mass is 28.3. The number of carbonyl (C=O) groups is 1. The second kappa shape index (κ2) is 5.02. The van der Waals surface area contributed by atoms with Gasteiger partial charge in [0.2, 0.25) is 5.54 Å². The van der Waals surface area contributed by atoms with Gasteiger partial charge in [0.1, 0.15) is 8.07 Å². The Bertz CT molecular complexity index is 316. The Balaban J connectivity index is 2.72. The summed E-state index contributed by atoms with van der Waals surface area (Å²) in [6.45, 7) is 7.64. The molecule has 1 saturated heterocycles. The molecule has 1 aliphatic rings. The van der Waals surface area contributed by atoms with Crippen LogP contribution in [0.2, 0.25) is 19.6 Å². The molecule has 0 aliphatic carbocycles. The molecule has 16 heavy (non-hydrogen) atoms. The number of carbonyl (C=O) groups excluding carboxylic acids is 1. The molecular weight excluding hydrogens is 218 g/mol. The highest BCUT2D eigenvalue weighted by Crippen LogP contribution is 2.18. The number of esters is 1. The second-order valence-corrected chi connectivity index (χ2v) is 10.2. The summed E-state index contributed by atoms with van der Waals surface area (Å²) in [6.07, 6.45) is 2.59. The lowest BCUT2D eigenvalue weighted by molar-refractivity contribution is -0.694. The molecule has 2 N–H and O–H groups in total. The standard InChI is InChI=1S/C12H21NO2Si/c1-15-11(14)12(7-5-9-13-12)8-6-10-16(2,3)4/h13H,5,7-9H2,1-4H3/p+1/t12-/m1/s1. The number of methoxy groups -OCH3 is 1. The van der Waals surface area contributed by atoms with Crippen molar-refractivity contribution >= 4 is 14.0 Å². The summed E-state index contributed by atoms with van der Waals surface area (Å²) < 4.78 is 4.89. The van der Waals surface area contributed by atoms with E-state index in [0.29, 0.717) is 6.42 Å². The molecule has 4 heteroatoms. The van der Waals surface area contributed by atoms with Crippen LogP contribution >= 0.6 is 0 Å². The van der Waals surface area contributed by atoms with Gasteiger partial charge in [0, 0.05) is 12.8 Å². The van der Waals surface area contributed by atoms with E-state index in [1.165, 1.54) is 7.11 Å². The minimum atomic E-state index is -1.33. The molecule has 90 valence electrons. The van der Waals surface area contributed by atoms with Gasteiger partial charge in [-0.15, -0.1) is 11.5 Å².